The second kappa shape index (κ2) is 18.3. The fraction of sp³-hybridized carbons (Fsp3) is 0.481. The predicted molar refractivity (Wildman–Crippen MR) is 241 cm³/mol. The molecule has 0 fully saturated rings. The Morgan fingerprint density at radius 3 is 0.967 bits per heavy atom. The number of esters is 3. The molecule has 9 nitrogen and oxygen atoms in total. The number of fused-ring (bicyclic) bond motifs is 8. The van der Waals surface area contributed by atoms with Gasteiger partial charge >= 0.3 is 17.9 Å². The van der Waals surface area contributed by atoms with Crippen molar-refractivity contribution in [3.8, 4) is 34.5 Å². The fourth-order valence-corrected chi connectivity index (χ4v) is 7.93. The second-order valence-electron chi connectivity index (χ2n) is 19.1. The van der Waals surface area contributed by atoms with Gasteiger partial charge in [0.15, 0.2) is 11.5 Å². The van der Waals surface area contributed by atoms with E-state index in [-0.39, 0.29) is 46.3 Å². The predicted octanol–water partition coefficient (Wildman–Crippen LogP) is 11.2. The van der Waals surface area contributed by atoms with Gasteiger partial charge in [-0.25, -0.2) is 0 Å². The van der Waals surface area contributed by atoms with Crippen LogP contribution in [0.3, 0.4) is 0 Å². The largest absolute Gasteiger partial charge is 0.493 e. The highest BCUT2D eigenvalue weighted by Gasteiger charge is 2.31. The van der Waals surface area contributed by atoms with Gasteiger partial charge < -0.3 is 28.4 Å². The minimum absolute atomic E-state index is 0.00992. The van der Waals surface area contributed by atoms with Gasteiger partial charge in [-0.1, -0.05) is 98.7 Å². The zero-order valence-electron chi connectivity index (χ0n) is 39.2. The Morgan fingerprint density at radius 1 is 0.410 bits per heavy atom. The average Bonchev–Trinajstić information content (AvgIpc) is 3.12. The van der Waals surface area contributed by atoms with E-state index in [4.69, 9.17) is 28.4 Å². The highest BCUT2D eigenvalue weighted by molar-refractivity contribution is 5.78. The molecular weight excluding hydrogens is 769 g/mol. The normalized spacial score (nSPS) is 13.0. The first-order valence-electron chi connectivity index (χ1n) is 21.6. The summed E-state index contributed by atoms with van der Waals surface area (Å²) in [5, 5.41) is 0. The minimum Gasteiger partial charge on any atom is -0.493 e. The Kier molecular flexibility index (Phi) is 14.1. The fourth-order valence-electron chi connectivity index (χ4n) is 7.93. The van der Waals surface area contributed by atoms with Crippen LogP contribution in [-0.2, 0) is 56.3 Å². The Balaban J connectivity index is 2.08. The van der Waals surface area contributed by atoms with Crippen molar-refractivity contribution in [3.05, 3.63) is 104 Å². The van der Waals surface area contributed by atoms with Crippen molar-refractivity contribution in [2.45, 2.75) is 146 Å². The Labute approximate surface area is 363 Å². The molecule has 0 spiro atoms. The maximum absolute atomic E-state index is 13.2. The van der Waals surface area contributed by atoms with E-state index in [1.165, 1.54) is 26.3 Å². The van der Waals surface area contributed by atoms with Crippen LogP contribution in [0.1, 0.15) is 165 Å². The molecule has 9 heteroatoms. The highest BCUT2D eigenvalue weighted by atomic mass is 16.6. The van der Waals surface area contributed by atoms with Crippen LogP contribution in [0.15, 0.2) is 42.5 Å². The molecule has 1 aliphatic carbocycles. The zero-order valence-corrected chi connectivity index (χ0v) is 39.2. The number of ether oxygens (including phenoxy) is 6. The van der Waals surface area contributed by atoms with Gasteiger partial charge in [-0.15, -0.1) is 0 Å². The van der Waals surface area contributed by atoms with Gasteiger partial charge in [0.05, 0.1) is 19.8 Å². The van der Waals surface area contributed by atoms with E-state index in [1.807, 2.05) is 20.8 Å². The molecule has 4 aromatic carbocycles. The van der Waals surface area contributed by atoms with Crippen LogP contribution in [0.4, 0.5) is 0 Å². The third-order valence-electron chi connectivity index (χ3n) is 10.8. The van der Waals surface area contributed by atoms with Gasteiger partial charge in [-0.3, -0.25) is 14.4 Å². The van der Waals surface area contributed by atoms with Gasteiger partial charge in [0.25, 0.3) is 0 Å². The van der Waals surface area contributed by atoms with Crippen molar-refractivity contribution in [2.75, 3.05) is 19.8 Å². The molecule has 0 saturated carbocycles. The van der Waals surface area contributed by atoms with Crippen molar-refractivity contribution in [3.63, 3.8) is 0 Å². The number of hydrogen-bond acceptors (Lipinski definition) is 9. The molecule has 0 aliphatic heterocycles. The summed E-state index contributed by atoms with van der Waals surface area (Å²) in [6.45, 7) is 30.8. The van der Waals surface area contributed by atoms with Crippen molar-refractivity contribution in [1.29, 1.82) is 0 Å². The Morgan fingerprint density at radius 2 is 0.689 bits per heavy atom. The first-order chi connectivity index (χ1) is 28.4. The molecule has 61 heavy (non-hydrogen) atoms. The molecule has 0 saturated heterocycles. The SMILES string of the molecule is CCOc1c2cc(C(C)(C)C)cc1Cc1cc(C(C)(C)C)cc(c1OCC)Cc1c(OC(C)=O)c(cc(OC(C)=O)c1OC(C)=O)Cc1cc(C(C)(C)C)cc(c1OCC)C2. The van der Waals surface area contributed by atoms with E-state index in [9.17, 15) is 14.4 Å². The Bertz CT molecular complexity index is 2310. The summed E-state index contributed by atoms with van der Waals surface area (Å²) >= 11 is 0. The van der Waals surface area contributed by atoms with E-state index in [2.05, 4.69) is 98.7 Å². The number of benzene rings is 4. The smallest absolute Gasteiger partial charge is 0.308 e. The van der Waals surface area contributed by atoms with Gasteiger partial charge in [0.2, 0.25) is 0 Å². The molecule has 328 valence electrons. The maximum Gasteiger partial charge on any atom is 0.308 e. The third kappa shape index (κ3) is 11.0. The molecule has 4 aromatic rings. The van der Waals surface area contributed by atoms with Gasteiger partial charge in [0.1, 0.15) is 23.0 Å². The molecule has 0 aromatic heterocycles. The van der Waals surface area contributed by atoms with Gasteiger partial charge in [-0.2, -0.15) is 0 Å². The lowest BCUT2D eigenvalue weighted by Gasteiger charge is -2.28. The van der Waals surface area contributed by atoms with E-state index in [0.29, 0.717) is 55.3 Å². The summed E-state index contributed by atoms with van der Waals surface area (Å²) in [6, 6.07) is 14.9. The summed E-state index contributed by atoms with van der Waals surface area (Å²) in [7, 11) is 0. The molecule has 0 atom stereocenters. The monoisotopic (exact) mass is 834 g/mol. The Hall–Kier alpha value is -5.31. The molecule has 0 unspecified atom stereocenters. The molecule has 8 bridgehead atoms. The topological polar surface area (TPSA) is 107 Å². The summed E-state index contributed by atoms with van der Waals surface area (Å²) < 4.78 is 37.9. The first-order valence-corrected chi connectivity index (χ1v) is 21.6. The van der Waals surface area contributed by atoms with E-state index >= 15 is 0 Å². The number of carbonyl (C=O) groups excluding carboxylic acids is 3. The molecule has 0 heterocycles. The molecular formula is C52H66O9. The lowest BCUT2D eigenvalue weighted by Crippen LogP contribution is -2.18. The third-order valence-corrected chi connectivity index (χ3v) is 10.8. The molecule has 0 N–H and O–H groups in total. The van der Waals surface area contributed by atoms with Crippen LogP contribution in [0.2, 0.25) is 0 Å². The summed E-state index contributed by atoms with van der Waals surface area (Å²) in [5.74, 6) is 0.637. The maximum atomic E-state index is 13.2. The summed E-state index contributed by atoms with van der Waals surface area (Å²) in [6.07, 6.45) is 1.30. The molecule has 0 amide bonds. The van der Waals surface area contributed by atoms with Gasteiger partial charge in [-0.05, 0) is 93.2 Å². The van der Waals surface area contributed by atoms with Crippen LogP contribution in [-0.4, -0.2) is 37.7 Å². The van der Waals surface area contributed by atoms with Crippen LogP contribution in [0.25, 0.3) is 0 Å². The highest BCUT2D eigenvalue weighted by Crippen LogP contribution is 2.48. The number of carbonyl (C=O) groups is 3. The first kappa shape index (κ1) is 46.8. The summed E-state index contributed by atoms with van der Waals surface area (Å²) in [5.41, 5.74) is 9.12. The van der Waals surface area contributed by atoms with Crippen molar-refractivity contribution < 1.29 is 42.8 Å². The van der Waals surface area contributed by atoms with Crippen LogP contribution >= 0.6 is 0 Å². The standard InChI is InChI=1S/C52H66O9/c1-16-56-45-33-19-34-23-41(51(10,11)12)26-37(46(34)57-17-2)21-38-29-44(59-30(4)53)49(61-32(6)55)43(48(38)60-31(5)54)28-39-27-42(52(13,14)15)25-36(47(39)58-18-3)20-35(45)24-40(22-33)50(7,8)9/h22-27,29H,16-21,28H2,1-15H3. The van der Waals surface area contributed by atoms with Crippen molar-refractivity contribution in [1.82, 2.24) is 0 Å². The van der Waals surface area contributed by atoms with Crippen LogP contribution < -0.4 is 28.4 Å². The number of rotatable bonds is 9. The van der Waals surface area contributed by atoms with E-state index < -0.39 is 17.9 Å². The van der Waals surface area contributed by atoms with Gasteiger partial charge in [0, 0.05) is 57.6 Å². The average molecular weight is 835 g/mol. The quantitative estimate of drug-likeness (QED) is 0.106. The molecule has 0 radical (unpaired) electrons. The lowest BCUT2D eigenvalue weighted by molar-refractivity contribution is -0.134. The lowest BCUT2D eigenvalue weighted by atomic mass is 9.80. The number of hydrogen-bond donors (Lipinski definition) is 0. The van der Waals surface area contributed by atoms with Crippen LogP contribution in [0.5, 0.6) is 34.5 Å². The summed E-state index contributed by atoms with van der Waals surface area (Å²) in [4.78, 5) is 38.9. The molecule has 5 rings (SSSR count). The van der Waals surface area contributed by atoms with Crippen molar-refractivity contribution >= 4 is 17.9 Å². The second-order valence-corrected chi connectivity index (χ2v) is 19.1. The van der Waals surface area contributed by atoms with E-state index in [1.54, 1.807) is 6.07 Å². The van der Waals surface area contributed by atoms with Crippen LogP contribution in [0, 0.1) is 0 Å². The van der Waals surface area contributed by atoms with E-state index in [0.717, 1.165) is 50.3 Å². The molecule has 1 aliphatic rings. The van der Waals surface area contributed by atoms with Crippen molar-refractivity contribution in [2.24, 2.45) is 0 Å². The minimum atomic E-state index is -0.633. The zero-order chi connectivity index (χ0) is 45.2.